The SMILES string of the molecule is CN(C)c1ccc(N/C=C(/C#N)C(=O)Nc2cccc(Cl)c2)cc1. The summed E-state index contributed by atoms with van der Waals surface area (Å²) in [5.74, 6) is -0.503. The molecule has 2 rings (SSSR count). The van der Waals surface area contributed by atoms with E-state index in [4.69, 9.17) is 11.6 Å². The minimum Gasteiger partial charge on any atom is -0.378 e. The largest absolute Gasteiger partial charge is 0.378 e. The zero-order valence-corrected chi connectivity index (χ0v) is 14.1. The first kappa shape index (κ1) is 17.4. The zero-order valence-electron chi connectivity index (χ0n) is 13.4. The predicted octanol–water partition coefficient (Wildman–Crippen LogP) is 3.86. The lowest BCUT2D eigenvalue weighted by Crippen LogP contribution is -2.14. The number of hydrogen-bond donors (Lipinski definition) is 2. The Labute approximate surface area is 146 Å². The number of nitrogens with one attached hydrogen (secondary N) is 2. The number of anilines is 3. The van der Waals surface area contributed by atoms with E-state index in [1.807, 2.05) is 49.3 Å². The van der Waals surface area contributed by atoms with Crippen molar-refractivity contribution in [3.05, 3.63) is 65.3 Å². The van der Waals surface area contributed by atoms with Crippen molar-refractivity contribution in [2.75, 3.05) is 29.6 Å². The van der Waals surface area contributed by atoms with Crippen LogP contribution in [0.2, 0.25) is 5.02 Å². The predicted molar refractivity (Wildman–Crippen MR) is 98.2 cm³/mol. The fourth-order valence-electron chi connectivity index (χ4n) is 1.92. The van der Waals surface area contributed by atoms with Crippen LogP contribution in [0.25, 0.3) is 0 Å². The minimum atomic E-state index is -0.503. The molecule has 0 spiro atoms. The van der Waals surface area contributed by atoms with Crippen LogP contribution in [0.5, 0.6) is 0 Å². The highest BCUT2D eigenvalue weighted by Crippen LogP contribution is 2.17. The fourth-order valence-corrected chi connectivity index (χ4v) is 2.11. The summed E-state index contributed by atoms with van der Waals surface area (Å²) in [5, 5.41) is 15.3. The molecule has 0 unspecified atom stereocenters. The summed E-state index contributed by atoms with van der Waals surface area (Å²) in [6.07, 6.45) is 1.38. The average molecular weight is 341 g/mol. The Balaban J connectivity index is 2.05. The lowest BCUT2D eigenvalue weighted by atomic mass is 10.2. The van der Waals surface area contributed by atoms with Crippen molar-refractivity contribution in [2.24, 2.45) is 0 Å². The van der Waals surface area contributed by atoms with Crippen molar-refractivity contribution in [2.45, 2.75) is 0 Å². The molecule has 1 amide bonds. The topological polar surface area (TPSA) is 68.2 Å². The van der Waals surface area contributed by atoms with Gasteiger partial charge in [0, 0.05) is 42.4 Å². The van der Waals surface area contributed by atoms with E-state index in [0.29, 0.717) is 10.7 Å². The summed E-state index contributed by atoms with van der Waals surface area (Å²) in [7, 11) is 3.91. The third-order valence-corrected chi connectivity index (χ3v) is 3.45. The zero-order chi connectivity index (χ0) is 17.5. The van der Waals surface area contributed by atoms with Gasteiger partial charge in [-0.2, -0.15) is 5.26 Å². The molecule has 0 heterocycles. The molecule has 0 fully saturated rings. The summed E-state index contributed by atoms with van der Waals surface area (Å²) >= 11 is 5.87. The Morgan fingerprint density at radius 2 is 1.88 bits per heavy atom. The van der Waals surface area contributed by atoms with Crippen LogP contribution in [0.15, 0.2) is 60.3 Å². The second-order valence-electron chi connectivity index (χ2n) is 5.22. The van der Waals surface area contributed by atoms with Crippen molar-refractivity contribution in [3.8, 4) is 6.07 Å². The summed E-state index contributed by atoms with van der Waals surface area (Å²) in [5.41, 5.74) is 2.34. The summed E-state index contributed by atoms with van der Waals surface area (Å²) in [4.78, 5) is 14.1. The molecular formula is C18H17ClN4O. The van der Waals surface area contributed by atoms with Crippen molar-refractivity contribution in [3.63, 3.8) is 0 Å². The van der Waals surface area contributed by atoms with E-state index < -0.39 is 5.91 Å². The Bertz CT molecular complexity index is 791. The van der Waals surface area contributed by atoms with Gasteiger partial charge in [-0.15, -0.1) is 0 Å². The van der Waals surface area contributed by atoms with Gasteiger partial charge in [-0.25, -0.2) is 0 Å². The van der Waals surface area contributed by atoms with Gasteiger partial charge in [0.1, 0.15) is 11.6 Å². The molecule has 2 N–H and O–H groups in total. The molecule has 0 saturated heterocycles. The van der Waals surface area contributed by atoms with Crippen LogP contribution in [0, 0.1) is 11.3 Å². The highest BCUT2D eigenvalue weighted by atomic mass is 35.5. The van der Waals surface area contributed by atoms with Crippen LogP contribution < -0.4 is 15.5 Å². The molecule has 0 aliphatic heterocycles. The van der Waals surface area contributed by atoms with Crippen molar-refractivity contribution in [1.82, 2.24) is 0 Å². The molecule has 122 valence electrons. The molecule has 0 atom stereocenters. The molecule has 0 radical (unpaired) electrons. The summed E-state index contributed by atoms with van der Waals surface area (Å²) < 4.78 is 0. The van der Waals surface area contributed by atoms with E-state index in [-0.39, 0.29) is 5.57 Å². The van der Waals surface area contributed by atoms with Gasteiger partial charge in [-0.3, -0.25) is 4.79 Å². The first-order valence-corrected chi connectivity index (χ1v) is 7.58. The van der Waals surface area contributed by atoms with Crippen LogP contribution in [-0.2, 0) is 4.79 Å². The van der Waals surface area contributed by atoms with Crippen molar-refractivity contribution in [1.29, 1.82) is 5.26 Å². The Kier molecular flexibility index (Phi) is 5.83. The average Bonchev–Trinajstić information content (AvgIpc) is 2.56. The number of nitriles is 1. The Morgan fingerprint density at radius 3 is 2.46 bits per heavy atom. The second kappa shape index (κ2) is 8.04. The lowest BCUT2D eigenvalue weighted by Gasteiger charge is -2.12. The Morgan fingerprint density at radius 1 is 1.17 bits per heavy atom. The molecule has 24 heavy (non-hydrogen) atoms. The number of nitrogens with zero attached hydrogens (tertiary/aromatic N) is 2. The van der Waals surface area contributed by atoms with Crippen molar-refractivity contribution < 1.29 is 4.79 Å². The van der Waals surface area contributed by atoms with E-state index in [0.717, 1.165) is 11.4 Å². The highest BCUT2D eigenvalue weighted by Gasteiger charge is 2.09. The Hall–Kier alpha value is -2.97. The molecule has 0 bridgehead atoms. The number of halogens is 1. The maximum Gasteiger partial charge on any atom is 0.267 e. The molecule has 6 heteroatoms. The minimum absolute atomic E-state index is 0.0355. The first-order chi connectivity index (χ1) is 11.5. The molecule has 0 aliphatic rings. The van der Waals surface area contributed by atoms with Gasteiger partial charge in [0.2, 0.25) is 0 Å². The van der Waals surface area contributed by atoms with E-state index >= 15 is 0 Å². The number of carbonyl (C=O) groups excluding carboxylic acids is 1. The number of amides is 1. The number of benzene rings is 2. The third kappa shape index (κ3) is 4.77. The molecule has 0 aromatic heterocycles. The van der Waals surface area contributed by atoms with Crippen LogP contribution in [0.4, 0.5) is 17.1 Å². The van der Waals surface area contributed by atoms with Gasteiger partial charge in [0.25, 0.3) is 5.91 Å². The molecule has 0 aliphatic carbocycles. The molecule has 0 saturated carbocycles. The smallest absolute Gasteiger partial charge is 0.267 e. The van der Waals surface area contributed by atoms with Gasteiger partial charge in [-0.1, -0.05) is 17.7 Å². The normalized spacial score (nSPS) is 10.7. The van der Waals surface area contributed by atoms with Gasteiger partial charge in [-0.05, 0) is 42.5 Å². The van der Waals surface area contributed by atoms with E-state index in [9.17, 15) is 10.1 Å². The van der Waals surface area contributed by atoms with Gasteiger partial charge in [0.05, 0.1) is 0 Å². The number of hydrogen-bond acceptors (Lipinski definition) is 4. The van der Waals surface area contributed by atoms with E-state index in [1.165, 1.54) is 6.20 Å². The van der Waals surface area contributed by atoms with Gasteiger partial charge in [0.15, 0.2) is 0 Å². The monoisotopic (exact) mass is 340 g/mol. The maximum atomic E-state index is 12.1. The first-order valence-electron chi connectivity index (χ1n) is 7.20. The van der Waals surface area contributed by atoms with Crippen LogP contribution in [-0.4, -0.2) is 20.0 Å². The maximum absolute atomic E-state index is 12.1. The van der Waals surface area contributed by atoms with Crippen LogP contribution in [0.3, 0.4) is 0 Å². The quantitative estimate of drug-likeness (QED) is 0.640. The third-order valence-electron chi connectivity index (χ3n) is 3.21. The van der Waals surface area contributed by atoms with Crippen molar-refractivity contribution >= 4 is 34.6 Å². The van der Waals surface area contributed by atoms with E-state index in [2.05, 4.69) is 10.6 Å². The summed E-state index contributed by atoms with van der Waals surface area (Å²) in [6.45, 7) is 0. The van der Waals surface area contributed by atoms with Gasteiger partial charge >= 0.3 is 0 Å². The van der Waals surface area contributed by atoms with Crippen LogP contribution >= 0.6 is 11.6 Å². The lowest BCUT2D eigenvalue weighted by molar-refractivity contribution is -0.112. The van der Waals surface area contributed by atoms with E-state index in [1.54, 1.807) is 24.3 Å². The van der Waals surface area contributed by atoms with Gasteiger partial charge < -0.3 is 15.5 Å². The second-order valence-corrected chi connectivity index (χ2v) is 5.66. The molecule has 2 aromatic carbocycles. The summed E-state index contributed by atoms with van der Waals surface area (Å²) in [6, 6.07) is 16.2. The fraction of sp³-hybridized carbons (Fsp3) is 0.111. The molecule has 5 nitrogen and oxygen atoms in total. The number of rotatable bonds is 5. The highest BCUT2D eigenvalue weighted by molar-refractivity contribution is 6.31. The standard InChI is InChI=1S/C18H17ClN4O/c1-23(2)17-8-6-15(7-9-17)21-12-13(11-20)18(24)22-16-5-3-4-14(19)10-16/h3-10,12,21H,1-2H3,(H,22,24)/b13-12-. The molecule has 2 aromatic rings. The molecular weight excluding hydrogens is 324 g/mol. The van der Waals surface area contributed by atoms with Crippen LogP contribution in [0.1, 0.15) is 0 Å². The number of carbonyl (C=O) groups is 1.